The van der Waals surface area contributed by atoms with Crippen LogP contribution in [-0.4, -0.2) is 17.4 Å². The molecule has 1 aliphatic rings. The maximum Gasteiger partial charge on any atom is 0.586 e. The Kier molecular flexibility index (Phi) is 2.35. The molecule has 1 N–H and O–H groups in total. The van der Waals surface area contributed by atoms with Gasteiger partial charge in [-0.2, -0.15) is 5.26 Å². The lowest BCUT2D eigenvalue weighted by atomic mass is 10.0. The van der Waals surface area contributed by atoms with E-state index in [0.717, 1.165) is 12.1 Å². The number of nitrogens with zero attached hydrogens (tertiary/aromatic N) is 1. The normalized spacial score (nSPS) is 17.2. The molecule has 0 amide bonds. The SMILES string of the molecule is N#CC(C(=O)O)c1ccc2c(c1)OC(F)(F)O2. The van der Waals surface area contributed by atoms with E-state index in [0.29, 0.717) is 0 Å². The highest BCUT2D eigenvalue weighted by molar-refractivity contribution is 5.79. The van der Waals surface area contributed by atoms with Crippen molar-refractivity contribution in [2.45, 2.75) is 12.2 Å². The van der Waals surface area contributed by atoms with Crippen LogP contribution in [0.25, 0.3) is 0 Å². The van der Waals surface area contributed by atoms with Crippen molar-refractivity contribution in [2.24, 2.45) is 0 Å². The first kappa shape index (κ1) is 11.1. The highest BCUT2D eigenvalue weighted by Gasteiger charge is 2.43. The van der Waals surface area contributed by atoms with Crippen molar-refractivity contribution in [1.82, 2.24) is 0 Å². The number of carbonyl (C=O) groups is 1. The Morgan fingerprint density at radius 2 is 2.06 bits per heavy atom. The third kappa shape index (κ3) is 1.97. The first-order valence-electron chi connectivity index (χ1n) is 4.45. The van der Waals surface area contributed by atoms with Crippen LogP contribution in [0.1, 0.15) is 11.5 Å². The number of hydrogen-bond donors (Lipinski definition) is 1. The molecule has 1 atom stereocenters. The Bertz CT molecular complexity index is 524. The van der Waals surface area contributed by atoms with Crippen LogP contribution >= 0.6 is 0 Å². The number of aliphatic carboxylic acids is 1. The summed E-state index contributed by atoms with van der Waals surface area (Å²) in [5.41, 5.74) is 0.0556. The molecular weight excluding hydrogens is 236 g/mol. The zero-order chi connectivity index (χ0) is 12.6. The van der Waals surface area contributed by atoms with Gasteiger partial charge in [-0.1, -0.05) is 6.07 Å². The van der Waals surface area contributed by atoms with Crippen LogP contribution in [0.4, 0.5) is 8.78 Å². The second-order valence-corrected chi connectivity index (χ2v) is 3.27. The van der Waals surface area contributed by atoms with Gasteiger partial charge in [0.25, 0.3) is 0 Å². The van der Waals surface area contributed by atoms with Crippen molar-refractivity contribution in [3.05, 3.63) is 23.8 Å². The standard InChI is InChI=1S/C10H5F2NO4/c11-10(12)16-7-2-1-5(3-8(7)17-10)6(4-13)9(14)15/h1-3,6H,(H,14,15). The molecule has 0 saturated heterocycles. The second kappa shape index (κ2) is 3.59. The van der Waals surface area contributed by atoms with Gasteiger partial charge in [0.2, 0.25) is 0 Å². The van der Waals surface area contributed by atoms with Gasteiger partial charge in [0.15, 0.2) is 17.4 Å². The van der Waals surface area contributed by atoms with Crippen molar-refractivity contribution in [3.63, 3.8) is 0 Å². The number of rotatable bonds is 2. The lowest BCUT2D eigenvalue weighted by Crippen LogP contribution is -2.25. The Labute approximate surface area is 93.8 Å². The average molecular weight is 241 g/mol. The van der Waals surface area contributed by atoms with Gasteiger partial charge in [0, 0.05) is 0 Å². The van der Waals surface area contributed by atoms with Crippen molar-refractivity contribution >= 4 is 5.97 Å². The average Bonchev–Trinajstić information content (AvgIpc) is 2.51. The van der Waals surface area contributed by atoms with Gasteiger partial charge in [-0.15, -0.1) is 8.78 Å². The molecule has 88 valence electrons. The van der Waals surface area contributed by atoms with Gasteiger partial charge in [-0.3, -0.25) is 4.79 Å². The lowest BCUT2D eigenvalue weighted by molar-refractivity contribution is -0.286. The van der Waals surface area contributed by atoms with Crippen LogP contribution in [0, 0.1) is 11.3 Å². The van der Waals surface area contributed by atoms with E-state index in [1.54, 1.807) is 6.07 Å². The van der Waals surface area contributed by atoms with E-state index < -0.39 is 18.2 Å². The number of alkyl halides is 2. The van der Waals surface area contributed by atoms with E-state index in [-0.39, 0.29) is 17.1 Å². The molecule has 0 fully saturated rings. The zero-order valence-corrected chi connectivity index (χ0v) is 8.18. The largest absolute Gasteiger partial charge is 0.586 e. The smallest absolute Gasteiger partial charge is 0.480 e. The summed E-state index contributed by atoms with van der Waals surface area (Å²) in [6.07, 6.45) is -3.76. The molecule has 2 rings (SSSR count). The molecule has 1 unspecified atom stereocenters. The van der Waals surface area contributed by atoms with Gasteiger partial charge < -0.3 is 14.6 Å². The number of carboxylic acid groups (broad SMARTS) is 1. The fourth-order valence-electron chi connectivity index (χ4n) is 1.42. The van der Waals surface area contributed by atoms with Crippen LogP contribution in [0.3, 0.4) is 0 Å². The molecule has 1 aromatic rings. The number of halogens is 2. The van der Waals surface area contributed by atoms with Crippen LogP contribution in [0.15, 0.2) is 18.2 Å². The minimum atomic E-state index is -3.76. The Morgan fingerprint density at radius 3 is 2.65 bits per heavy atom. The van der Waals surface area contributed by atoms with Crippen LogP contribution < -0.4 is 9.47 Å². The summed E-state index contributed by atoms with van der Waals surface area (Å²) >= 11 is 0. The summed E-state index contributed by atoms with van der Waals surface area (Å²) in [5, 5.41) is 17.4. The van der Waals surface area contributed by atoms with Gasteiger partial charge >= 0.3 is 12.3 Å². The Morgan fingerprint density at radius 1 is 1.41 bits per heavy atom. The summed E-state index contributed by atoms with van der Waals surface area (Å²) in [4.78, 5) is 10.7. The second-order valence-electron chi connectivity index (χ2n) is 3.27. The number of benzene rings is 1. The van der Waals surface area contributed by atoms with E-state index in [4.69, 9.17) is 10.4 Å². The zero-order valence-electron chi connectivity index (χ0n) is 8.18. The van der Waals surface area contributed by atoms with Crippen molar-refractivity contribution in [3.8, 4) is 17.6 Å². The lowest BCUT2D eigenvalue weighted by Gasteiger charge is -2.05. The maximum absolute atomic E-state index is 12.7. The highest BCUT2D eigenvalue weighted by Crippen LogP contribution is 2.42. The van der Waals surface area contributed by atoms with Crippen LogP contribution in [0.2, 0.25) is 0 Å². The van der Waals surface area contributed by atoms with Crippen LogP contribution in [0.5, 0.6) is 11.5 Å². The minimum Gasteiger partial charge on any atom is -0.480 e. The Balaban J connectivity index is 2.37. The molecule has 0 saturated carbocycles. The summed E-state index contributed by atoms with van der Waals surface area (Å²) in [6, 6.07) is 4.97. The summed E-state index contributed by atoms with van der Waals surface area (Å²) in [7, 11) is 0. The molecule has 0 aliphatic carbocycles. The van der Waals surface area contributed by atoms with Gasteiger partial charge in [0.1, 0.15) is 0 Å². The molecule has 1 aliphatic heterocycles. The third-order valence-electron chi connectivity index (χ3n) is 2.13. The predicted molar refractivity (Wildman–Crippen MR) is 48.6 cm³/mol. The fourth-order valence-corrected chi connectivity index (χ4v) is 1.42. The quantitative estimate of drug-likeness (QED) is 0.852. The van der Waals surface area contributed by atoms with E-state index in [1.807, 2.05) is 0 Å². The molecular formula is C10H5F2NO4. The molecule has 0 bridgehead atoms. The number of ether oxygens (including phenoxy) is 2. The van der Waals surface area contributed by atoms with Crippen molar-refractivity contribution in [2.75, 3.05) is 0 Å². The van der Waals surface area contributed by atoms with E-state index in [1.165, 1.54) is 6.07 Å². The van der Waals surface area contributed by atoms with Gasteiger partial charge in [0.05, 0.1) is 6.07 Å². The molecule has 0 aromatic heterocycles. The van der Waals surface area contributed by atoms with Gasteiger partial charge in [-0.25, -0.2) is 0 Å². The first-order chi connectivity index (χ1) is 7.93. The molecule has 0 spiro atoms. The molecule has 7 heteroatoms. The molecule has 1 heterocycles. The number of hydrogen-bond acceptors (Lipinski definition) is 4. The van der Waals surface area contributed by atoms with E-state index in [9.17, 15) is 13.6 Å². The monoisotopic (exact) mass is 241 g/mol. The molecule has 5 nitrogen and oxygen atoms in total. The van der Waals surface area contributed by atoms with Gasteiger partial charge in [-0.05, 0) is 17.7 Å². The predicted octanol–water partition coefficient (Wildman–Crippen LogP) is 1.70. The number of nitriles is 1. The summed E-state index contributed by atoms with van der Waals surface area (Å²) in [6.45, 7) is 0. The maximum atomic E-state index is 12.7. The topological polar surface area (TPSA) is 79.6 Å². The summed E-state index contributed by atoms with van der Waals surface area (Å²) < 4.78 is 33.7. The molecule has 17 heavy (non-hydrogen) atoms. The third-order valence-corrected chi connectivity index (χ3v) is 2.13. The minimum absolute atomic E-state index is 0.0556. The summed E-state index contributed by atoms with van der Waals surface area (Å²) in [5.74, 6) is -3.27. The Hall–Kier alpha value is -2.36. The van der Waals surface area contributed by atoms with E-state index >= 15 is 0 Å². The molecule has 0 radical (unpaired) electrons. The van der Waals surface area contributed by atoms with Crippen molar-refractivity contribution < 1.29 is 28.2 Å². The van der Waals surface area contributed by atoms with Crippen molar-refractivity contribution in [1.29, 1.82) is 5.26 Å². The highest BCUT2D eigenvalue weighted by atomic mass is 19.3. The number of carboxylic acids is 1. The molecule has 1 aromatic carbocycles. The number of fused-ring (bicyclic) bond motifs is 1. The van der Waals surface area contributed by atoms with Crippen LogP contribution in [-0.2, 0) is 4.79 Å². The first-order valence-corrected chi connectivity index (χ1v) is 4.45. The fraction of sp³-hybridized carbons (Fsp3) is 0.200. The van der Waals surface area contributed by atoms with E-state index in [2.05, 4.69) is 9.47 Å².